The standard InChI is InChI=1S/C24H36N4O4S3/c1-19-17-33-18-21(19)15-26-35(31,32)22-8-9-23(24(14-22)34(25,29)30)28-11-5-10-27(12-13-28)16-20-6-3-2-4-7-20/h8-9,14,17-18,20,26H,2-7,10-13,15-16H2,1H3,(H2,25,29,30). The summed E-state index contributed by atoms with van der Waals surface area (Å²) < 4.78 is 53.4. The first-order valence-corrected chi connectivity index (χ1v) is 16.3. The van der Waals surface area contributed by atoms with Gasteiger partial charge in [-0.1, -0.05) is 19.3 Å². The highest BCUT2D eigenvalue weighted by Gasteiger charge is 2.26. The van der Waals surface area contributed by atoms with E-state index in [0.29, 0.717) is 18.8 Å². The number of anilines is 1. The van der Waals surface area contributed by atoms with Gasteiger partial charge in [-0.25, -0.2) is 26.7 Å². The SMILES string of the molecule is Cc1cscc1CNS(=O)(=O)c1ccc(N2CCCN(CC3CCCCC3)CC2)c(S(N)(=O)=O)c1. The van der Waals surface area contributed by atoms with Crippen molar-refractivity contribution in [1.29, 1.82) is 0 Å². The lowest BCUT2D eigenvalue weighted by Gasteiger charge is -2.29. The van der Waals surface area contributed by atoms with Crippen LogP contribution in [0.4, 0.5) is 5.69 Å². The first kappa shape index (κ1) is 26.6. The van der Waals surface area contributed by atoms with Gasteiger partial charge in [0.15, 0.2) is 0 Å². The van der Waals surface area contributed by atoms with E-state index >= 15 is 0 Å². The highest BCUT2D eigenvalue weighted by atomic mass is 32.2. The minimum atomic E-state index is -4.12. The molecular formula is C24H36N4O4S3. The lowest BCUT2D eigenvalue weighted by atomic mass is 9.89. The Balaban J connectivity index is 1.50. The predicted molar refractivity (Wildman–Crippen MR) is 141 cm³/mol. The number of nitrogens with one attached hydrogen (secondary N) is 1. The summed E-state index contributed by atoms with van der Waals surface area (Å²) in [4.78, 5) is 4.26. The number of nitrogens with two attached hydrogens (primary N) is 1. The van der Waals surface area contributed by atoms with E-state index in [0.717, 1.165) is 43.1 Å². The molecule has 0 spiro atoms. The van der Waals surface area contributed by atoms with Gasteiger partial charge in [-0.15, -0.1) is 0 Å². The molecule has 0 radical (unpaired) electrons. The van der Waals surface area contributed by atoms with E-state index in [1.165, 1.54) is 55.6 Å². The molecule has 0 bridgehead atoms. The molecule has 11 heteroatoms. The van der Waals surface area contributed by atoms with Gasteiger partial charge < -0.3 is 9.80 Å². The number of rotatable bonds is 8. The third-order valence-corrected chi connectivity index (χ3v) is 10.4. The Morgan fingerprint density at radius 2 is 1.77 bits per heavy atom. The van der Waals surface area contributed by atoms with Gasteiger partial charge in [-0.3, -0.25) is 0 Å². The zero-order chi connectivity index (χ0) is 25.1. The van der Waals surface area contributed by atoms with Gasteiger partial charge in [0.2, 0.25) is 20.0 Å². The molecule has 3 N–H and O–H groups in total. The molecule has 2 aromatic rings. The average Bonchev–Trinajstić information content (AvgIpc) is 3.09. The summed E-state index contributed by atoms with van der Waals surface area (Å²) in [6.45, 7) is 6.38. The summed E-state index contributed by atoms with van der Waals surface area (Å²) in [5, 5.41) is 9.41. The molecule has 1 saturated heterocycles. The predicted octanol–water partition coefficient (Wildman–Crippen LogP) is 3.27. The van der Waals surface area contributed by atoms with Gasteiger partial charge in [0.1, 0.15) is 4.90 Å². The quantitative estimate of drug-likeness (QED) is 0.531. The van der Waals surface area contributed by atoms with Crippen molar-refractivity contribution in [2.45, 2.75) is 61.8 Å². The Hall–Kier alpha value is -1.50. The summed E-state index contributed by atoms with van der Waals surface area (Å²) in [5.41, 5.74) is 2.38. The molecule has 4 rings (SSSR count). The van der Waals surface area contributed by atoms with Crippen LogP contribution >= 0.6 is 11.3 Å². The van der Waals surface area contributed by atoms with Crippen molar-refractivity contribution in [3.63, 3.8) is 0 Å². The molecule has 2 aliphatic rings. The van der Waals surface area contributed by atoms with Crippen LogP contribution in [-0.2, 0) is 26.6 Å². The zero-order valence-electron chi connectivity index (χ0n) is 20.3. The summed E-state index contributed by atoms with van der Waals surface area (Å²) in [6.07, 6.45) is 7.49. The van der Waals surface area contributed by atoms with Crippen molar-refractivity contribution in [2.75, 3.05) is 37.6 Å². The third-order valence-electron chi connectivity index (χ3n) is 7.13. The molecule has 8 nitrogen and oxygen atoms in total. The number of primary sulfonamides is 1. The van der Waals surface area contributed by atoms with Crippen LogP contribution in [0.3, 0.4) is 0 Å². The fourth-order valence-electron chi connectivity index (χ4n) is 5.10. The number of thiophene rings is 1. The molecule has 2 fully saturated rings. The van der Waals surface area contributed by atoms with Crippen molar-refractivity contribution < 1.29 is 16.8 Å². The monoisotopic (exact) mass is 540 g/mol. The van der Waals surface area contributed by atoms with Gasteiger partial charge in [0, 0.05) is 32.7 Å². The summed E-state index contributed by atoms with van der Waals surface area (Å²) in [5.74, 6) is 0.755. The molecule has 0 amide bonds. The fraction of sp³-hybridized carbons (Fsp3) is 0.583. The molecule has 1 aliphatic carbocycles. The second kappa shape index (κ2) is 11.3. The van der Waals surface area contributed by atoms with E-state index in [1.54, 1.807) is 6.07 Å². The molecule has 0 atom stereocenters. The Morgan fingerprint density at radius 1 is 1.00 bits per heavy atom. The lowest BCUT2D eigenvalue weighted by Crippen LogP contribution is -2.35. The Kier molecular flexibility index (Phi) is 8.55. The summed E-state index contributed by atoms with van der Waals surface area (Å²) >= 11 is 1.51. The zero-order valence-corrected chi connectivity index (χ0v) is 22.7. The maximum absolute atomic E-state index is 12.9. The Morgan fingerprint density at radius 3 is 2.46 bits per heavy atom. The third kappa shape index (κ3) is 6.84. The van der Waals surface area contributed by atoms with E-state index < -0.39 is 20.0 Å². The minimum Gasteiger partial charge on any atom is -0.369 e. The first-order chi connectivity index (χ1) is 16.6. The van der Waals surface area contributed by atoms with Crippen LogP contribution in [0, 0.1) is 12.8 Å². The topological polar surface area (TPSA) is 113 Å². The number of hydrogen-bond donors (Lipinski definition) is 2. The largest absolute Gasteiger partial charge is 0.369 e. The van der Waals surface area contributed by atoms with Crippen molar-refractivity contribution in [1.82, 2.24) is 9.62 Å². The van der Waals surface area contributed by atoms with Crippen LogP contribution < -0.4 is 14.8 Å². The highest BCUT2D eigenvalue weighted by molar-refractivity contribution is 7.90. The number of nitrogens with zero attached hydrogens (tertiary/aromatic N) is 2. The Bertz CT molecular complexity index is 1220. The average molecular weight is 541 g/mol. The smallest absolute Gasteiger partial charge is 0.240 e. The van der Waals surface area contributed by atoms with Crippen molar-refractivity contribution >= 4 is 37.1 Å². The molecular weight excluding hydrogens is 504 g/mol. The van der Waals surface area contributed by atoms with Crippen LogP contribution in [-0.4, -0.2) is 54.5 Å². The number of benzene rings is 1. The van der Waals surface area contributed by atoms with E-state index in [1.807, 2.05) is 22.6 Å². The lowest BCUT2D eigenvalue weighted by molar-refractivity contribution is 0.211. The van der Waals surface area contributed by atoms with E-state index in [2.05, 4.69) is 9.62 Å². The van der Waals surface area contributed by atoms with E-state index in [4.69, 9.17) is 5.14 Å². The molecule has 1 aromatic heterocycles. The molecule has 1 aromatic carbocycles. The van der Waals surface area contributed by atoms with Crippen LogP contribution in [0.25, 0.3) is 0 Å². The Labute approximate surface area is 213 Å². The van der Waals surface area contributed by atoms with Gasteiger partial charge in [-0.2, -0.15) is 11.3 Å². The number of hydrogen-bond acceptors (Lipinski definition) is 7. The first-order valence-electron chi connectivity index (χ1n) is 12.3. The molecule has 194 valence electrons. The number of aryl methyl sites for hydroxylation is 1. The molecule has 0 unspecified atom stereocenters. The van der Waals surface area contributed by atoms with Crippen molar-refractivity contribution in [3.05, 3.63) is 40.1 Å². The maximum atomic E-state index is 12.9. The fourth-order valence-corrected chi connectivity index (χ4v) is 7.85. The van der Waals surface area contributed by atoms with Gasteiger partial charge >= 0.3 is 0 Å². The van der Waals surface area contributed by atoms with Crippen LogP contribution in [0.2, 0.25) is 0 Å². The van der Waals surface area contributed by atoms with E-state index in [9.17, 15) is 16.8 Å². The molecule has 2 heterocycles. The van der Waals surface area contributed by atoms with Crippen LogP contribution in [0.1, 0.15) is 49.7 Å². The molecule has 35 heavy (non-hydrogen) atoms. The minimum absolute atomic E-state index is 0.105. The summed E-state index contributed by atoms with van der Waals surface area (Å²) in [7, 11) is -8.03. The second-order valence-corrected chi connectivity index (χ2v) is 13.8. The summed E-state index contributed by atoms with van der Waals surface area (Å²) in [6, 6.07) is 4.25. The van der Waals surface area contributed by atoms with Crippen LogP contribution in [0.15, 0.2) is 38.8 Å². The molecule has 1 saturated carbocycles. The van der Waals surface area contributed by atoms with Gasteiger partial charge in [0.25, 0.3) is 0 Å². The normalized spacial score (nSPS) is 19.1. The van der Waals surface area contributed by atoms with Crippen molar-refractivity contribution in [3.8, 4) is 0 Å². The maximum Gasteiger partial charge on any atom is 0.240 e. The highest BCUT2D eigenvalue weighted by Crippen LogP contribution is 2.30. The second-order valence-electron chi connectivity index (χ2n) is 9.72. The van der Waals surface area contributed by atoms with Gasteiger partial charge in [-0.05, 0) is 78.7 Å². The van der Waals surface area contributed by atoms with E-state index in [-0.39, 0.29) is 16.3 Å². The number of sulfonamides is 2. The van der Waals surface area contributed by atoms with Gasteiger partial charge in [0.05, 0.1) is 10.6 Å². The molecule has 1 aliphatic heterocycles. The van der Waals surface area contributed by atoms with Crippen LogP contribution in [0.5, 0.6) is 0 Å². The van der Waals surface area contributed by atoms with Crippen molar-refractivity contribution in [2.24, 2.45) is 11.1 Å².